The molecule has 3 aromatic heterocycles. The van der Waals surface area contributed by atoms with Crippen LogP contribution in [0, 0.1) is 13.8 Å². The van der Waals surface area contributed by atoms with Crippen molar-refractivity contribution in [2.45, 2.75) is 46.7 Å². The number of rotatable bonds is 4. The van der Waals surface area contributed by atoms with E-state index >= 15 is 0 Å². The lowest BCUT2D eigenvalue weighted by atomic mass is 9.98. The molecule has 0 fully saturated rings. The second-order valence-electron chi connectivity index (χ2n) is 8.91. The summed E-state index contributed by atoms with van der Waals surface area (Å²) in [6.07, 6.45) is 2.57. The molecule has 7 heteroatoms. The summed E-state index contributed by atoms with van der Waals surface area (Å²) in [5.74, 6) is 2.39. The molecule has 5 rings (SSSR count). The number of methoxy groups -OCH3 is 1. The highest BCUT2D eigenvalue weighted by atomic mass is 16.5. The Balaban J connectivity index is 1.61. The van der Waals surface area contributed by atoms with E-state index in [1.54, 1.807) is 13.3 Å². The van der Waals surface area contributed by atoms with E-state index < -0.39 is 0 Å². The van der Waals surface area contributed by atoms with Crippen LogP contribution in [0.1, 0.15) is 52.9 Å². The number of nitrogens with zero attached hydrogens (tertiary/aromatic N) is 4. The first-order valence-corrected chi connectivity index (χ1v) is 11.3. The van der Waals surface area contributed by atoms with Crippen LogP contribution in [-0.2, 0) is 13.0 Å². The highest BCUT2D eigenvalue weighted by Gasteiger charge is 2.26. The zero-order valence-electron chi connectivity index (χ0n) is 19.7. The molecule has 1 aliphatic heterocycles. The minimum absolute atomic E-state index is 0.0155. The van der Waals surface area contributed by atoms with Gasteiger partial charge in [0.15, 0.2) is 5.65 Å². The maximum atomic E-state index is 13.8. The van der Waals surface area contributed by atoms with Gasteiger partial charge in [-0.25, -0.2) is 9.67 Å². The van der Waals surface area contributed by atoms with Crippen LogP contribution in [0.15, 0.2) is 40.9 Å². The molecule has 0 N–H and O–H groups in total. The van der Waals surface area contributed by atoms with Crippen LogP contribution < -0.4 is 4.74 Å². The highest BCUT2D eigenvalue weighted by Crippen LogP contribution is 2.32. The second-order valence-corrected chi connectivity index (χ2v) is 8.91. The quantitative estimate of drug-likeness (QED) is 0.438. The third-order valence-electron chi connectivity index (χ3n) is 6.32. The first kappa shape index (κ1) is 21.2. The normalized spacial score (nSPS) is 13.6. The molecule has 0 unspecified atom stereocenters. The molecule has 0 spiro atoms. The van der Waals surface area contributed by atoms with Gasteiger partial charge in [-0.15, -0.1) is 0 Å². The van der Waals surface area contributed by atoms with Gasteiger partial charge in [-0.3, -0.25) is 4.79 Å². The minimum Gasteiger partial charge on any atom is -0.497 e. The number of hydrogen-bond acceptors (Lipinski definition) is 5. The molecule has 0 bridgehead atoms. The van der Waals surface area contributed by atoms with Gasteiger partial charge in [0.2, 0.25) is 0 Å². The third-order valence-corrected chi connectivity index (χ3v) is 6.32. The SMILES string of the molecule is COc1ccc2c(c1)CN(C(=O)c1cc(-c3cc(C)oc3C)nc3c1cnn3C(C)C)CC2. The van der Waals surface area contributed by atoms with Crippen molar-refractivity contribution in [2.24, 2.45) is 0 Å². The van der Waals surface area contributed by atoms with Crippen LogP contribution in [0.3, 0.4) is 0 Å². The van der Waals surface area contributed by atoms with Crippen LogP contribution in [-0.4, -0.2) is 39.2 Å². The van der Waals surface area contributed by atoms with Gasteiger partial charge in [-0.1, -0.05) is 6.07 Å². The number of amides is 1. The van der Waals surface area contributed by atoms with Crippen molar-refractivity contribution in [2.75, 3.05) is 13.7 Å². The Morgan fingerprint density at radius 2 is 1.97 bits per heavy atom. The summed E-state index contributed by atoms with van der Waals surface area (Å²) in [5.41, 5.74) is 5.33. The third kappa shape index (κ3) is 3.67. The van der Waals surface area contributed by atoms with Crippen molar-refractivity contribution in [3.63, 3.8) is 0 Å². The van der Waals surface area contributed by atoms with Crippen LogP contribution >= 0.6 is 0 Å². The van der Waals surface area contributed by atoms with Crippen molar-refractivity contribution in [1.29, 1.82) is 0 Å². The number of fused-ring (bicyclic) bond motifs is 2. The minimum atomic E-state index is -0.0155. The Morgan fingerprint density at radius 1 is 1.15 bits per heavy atom. The average Bonchev–Trinajstić information content (AvgIpc) is 3.39. The highest BCUT2D eigenvalue weighted by molar-refractivity contribution is 6.06. The summed E-state index contributed by atoms with van der Waals surface area (Å²) in [7, 11) is 1.66. The number of pyridine rings is 1. The molecular weight excluding hydrogens is 416 g/mol. The second kappa shape index (κ2) is 8.06. The van der Waals surface area contributed by atoms with E-state index in [4.69, 9.17) is 14.1 Å². The molecular formula is C26H28N4O3. The summed E-state index contributed by atoms with van der Waals surface area (Å²) in [6, 6.07) is 10.1. The largest absolute Gasteiger partial charge is 0.497 e. The molecule has 170 valence electrons. The molecule has 0 atom stereocenters. The maximum absolute atomic E-state index is 13.8. The van der Waals surface area contributed by atoms with Gasteiger partial charge in [0.1, 0.15) is 17.3 Å². The molecule has 1 aliphatic rings. The van der Waals surface area contributed by atoms with E-state index in [0.29, 0.717) is 24.3 Å². The molecule has 0 radical (unpaired) electrons. The lowest BCUT2D eigenvalue weighted by Crippen LogP contribution is -2.36. The molecule has 0 aliphatic carbocycles. The molecule has 0 saturated heterocycles. The molecule has 4 aromatic rings. The van der Waals surface area contributed by atoms with Crippen molar-refractivity contribution in [3.05, 3.63) is 64.7 Å². The van der Waals surface area contributed by atoms with Gasteiger partial charge < -0.3 is 14.1 Å². The van der Waals surface area contributed by atoms with E-state index in [1.807, 2.05) is 47.7 Å². The Kier molecular flexibility index (Phi) is 5.19. The van der Waals surface area contributed by atoms with E-state index in [-0.39, 0.29) is 11.9 Å². The van der Waals surface area contributed by atoms with E-state index in [1.165, 1.54) is 5.56 Å². The number of benzene rings is 1. The van der Waals surface area contributed by atoms with Gasteiger partial charge in [-0.05, 0) is 69.5 Å². The predicted octanol–water partition coefficient (Wildman–Crippen LogP) is 5.10. The average molecular weight is 445 g/mol. The van der Waals surface area contributed by atoms with Gasteiger partial charge in [-0.2, -0.15) is 5.10 Å². The van der Waals surface area contributed by atoms with Gasteiger partial charge in [0.25, 0.3) is 5.91 Å². The monoisotopic (exact) mass is 444 g/mol. The van der Waals surface area contributed by atoms with E-state index in [9.17, 15) is 4.79 Å². The summed E-state index contributed by atoms with van der Waals surface area (Å²) in [5, 5.41) is 5.32. The molecule has 1 aromatic carbocycles. The van der Waals surface area contributed by atoms with E-state index in [0.717, 1.165) is 45.9 Å². The predicted molar refractivity (Wildman–Crippen MR) is 127 cm³/mol. The Labute approximate surface area is 193 Å². The fourth-order valence-electron chi connectivity index (χ4n) is 4.60. The lowest BCUT2D eigenvalue weighted by Gasteiger charge is -2.29. The zero-order chi connectivity index (χ0) is 23.3. The zero-order valence-corrected chi connectivity index (χ0v) is 19.7. The van der Waals surface area contributed by atoms with E-state index in [2.05, 4.69) is 25.0 Å². The van der Waals surface area contributed by atoms with Crippen molar-refractivity contribution in [3.8, 4) is 17.0 Å². The first-order chi connectivity index (χ1) is 15.9. The smallest absolute Gasteiger partial charge is 0.255 e. The lowest BCUT2D eigenvalue weighted by molar-refractivity contribution is 0.0736. The Hall–Kier alpha value is -3.61. The molecule has 4 heterocycles. The van der Waals surface area contributed by atoms with Crippen LogP contribution in [0.4, 0.5) is 0 Å². The number of furan rings is 1. The fourth-order valence-corrected chi connectivity index (χ4v) is 4.60. The van der Waals surface area contributed by atoms with Gasteiger partial charge in [0, 0.05) is 24.7 Å². The number of aryl methyl sites for hydroxylation is 2. The molecule has 1 amide bonds. The summed E-state index contributed by atoms with van der Waals surface area (Å²) < 4.78 is 13.0. The summed E-state index contributed by atoms with van der Waals surface area (Å²) in [4.78, 5) is 20.6. The number of carbonyl (C=O) groups excluding carboxylic acids is 1. The van der Waals surface area contributed by atoms with Gasteiger partial charge >= 0.3 is 0 Å². The van der Waals surface area contributed by atoms with Crippen LogP contribution in [0.2, 0.25) is 0 Å². The van der Waals surface area contributed by atoms with Crippen molar-refractivity contribution in [1.82, 2.24) is 19.7 Å². The van der Waals surface area contributed by atoms with Gasteiger partial charge in [0.05, 0.1) is 30.0 Å². The fraction of sp³-hybridized carbons (Fsp3) is 0.346. The number of hydrogen-bond donors (Lipinski definition) is 0. The van der Waals surface area contributed by atoms with Crippen molar-refractivity contribution < 1.29 is 13.9 Å². The molecule has 0 saturated carbocycles. The number of ether oxygens (including phenoxy) is 1. The first-order valence-electron chi connectivity index (χ1n) is 11.3. The molecule has 7 nitrogen and oxygen atoms in total. The summed E-state index contributed by atoms with van der Waals surface area (Å²) in [6.45, 7) is 9.17. The maximum Gasteiger partial charge on any atom is 0.255 e. The van der Waals surface area contributed by atoms with Crippen LogP contribution in [0.5, 0.6) is 5.75 Å². The molecule has 33 heavy (non-hydrogen) atoms. The van der Waals surface area contributed by atoms with Crippen molar-refractivity contribution >= 4 is 16.9 Å². The topological polar surface area (TPSA) is 73.4 Å². The Bertz CT molecular complexity index is 1370. The standard InChI is InChI=1S/C26H28N4O3/c1-15(2)30-25-23(13-27-30)22(12-24(28-25)21-10-16(3)33-17(21)4)26(31)29-9-8-18-6-7-20(32-5)11-19(18)14-29/h6-7,10-13,15H,8-9,14H2,1-5H3. The Morgan fingerprint density at radius 3 is 2.67 bits per heavy atom. The van der Waals surface area contributed by atoms with Crippen LogP contribution in [0.25, 0.3) is 22.3 Å². The summed E-state index contributed by atoms with van der Waals surface area (Å²) >= 11 is 0. The number of aromatic nitrogens is 3. The number of carbonyl (C=O) groups is 1.